The van der Waals surface area contributed by atoms with Gasteiger partial charge in [0.05, 0.1) is 4.90 Å². The molecule has 0 atom stereocenters. The predicted molar refractivity (Wildman–Crippen MR) is 134 cm³/mol. The number of hydrogen-bond donors (Lipinski definition) is 3. The number of halogens is 1. The SMILES string of the molecule is CN=C(NCCN(C)CCCOC)NCc1ccccc1S(=O)(=O)NC(C)(C)C.I. The van der Waals surface area contributed by atoms with E-state index in [2.05, 4.69) is 32.3 Å². The summed E-state index contributed by atoms with van der Waals surface area (Å²) < 4.78 is 33.3. The summed E-state index contributed by atoms with van der Waals surface area (Å²) in [7, 11) is 1.86. The lowest BCUT2D eigenvalue weighted by atomic mass is 10.1. The van der Waals surface area contributed by atoms with Gasteiger partial charge in [-0.2, -0.15) is 0 Å². The Kier molecular flexibility index (Phi) is 13.7. The van der Waals surface area contributed by atoms with E-state index in [1.807, 2.05) is 26.8 Å². The average molecular weight is 556 g/mol. The third-order valence-electron chi connectivity index (χ3n) is 4.05. The van der Waals surface area contributed by atoms with Gasteiger partial charge in [-0.1, -0.05) is 18.2 Å². The van der Waals surface area contributed by atoms with E-state index < -0.39 is 15.6 Å². The monoisotopic (exact) mass is 555 g/mol. The van der Waals surface area contributed by atoms with Crippen LogP contribution in [0.1, 0.15) is 32.8 Å². The molecule has 0 radical (unpaired) electrons. The van der Waals surface area contributed by atoms with Crippen LogP contribution in [0.4, 0.5) is 0 Å². The van der Waals surface area contributed by atoms with Gasteiger partial charge in [-0.3, -0.25) is 4.99 Å². The van der Waals surface area contributed by atoms with Crippen LogP contribution in [0, 0.1) is 0 Å². The quantitative estimate of drug-likeness (QED) is 0.168. The maximum atomic E-state index is 12.7. The molecule has 174 valence electrons. The number of nitrogens with zero attached hydrogens (tertiary/aromatic N) is 2. The molecule has 0 aliphatic heterocycles. The van der Waals surface area contributed by atoms with E-state index in [0.717, 1.165) is 32.7 Å². The summed E-state index contributed by atoms with van der Waals surface area (Å²) >= 11 is 0. The number of methoxy groups -OCH3 is 1. The lowest BCUT2D eigenvalue weighted by Crippen LogP contribution is -2.42. The molecule has 8 nitrogen and oxygen atoms in total. The number of aliphatic imine (C=N–C) groups is 1. The van der Waals surface area contributed by atoms with Gasteiger partial charge in [-0.05, 0) is 45.9 Å². The fourth-order valence-electron chi connectivity index (χ4n) is 2.73. The van der Waals surface area contributed by atoms with E-state index in [-0.39, 0.29) is 28.9 Å². The first-order valence-electron chi connectivity index (χ1n) is 9.83. The van der Waals surface area contributed by atoms with E-state index >= 15 is 0 Å². The van der Waals surface area contributed by atoms with E-state index in [1.165, 1.54) is 0 Å². The Balaban J connectivity index is 0.00000841. The van der Waals surface area contributed by atoms with Gasteiger partial charge in [0.15, 0.2) is 5.96 Å². The van der Waals surface area contributed by atoms with E-state index in [1.54, 1.807) is 32.4 Å². The van der Waals surface area contributed by atoms with Gasteiger partial charge in [0.1, 0.15) is 0 Å². The van der Waals surface area contributed by atoms with Crippen LogP contribution in [-0.4, -0.2) is 72.3 Å². The van der Waals surface area contributed by atoms with Crippen LogP contribution >= 0.6 is 24.0 Å². The molecule has 1 aromatic rings. The van der Waals surface area contributed by atoms with Crippen molar-refractivity contribution in [3.05, 3.63) is 29.8 Å². The van der Waals surface area contributed by atoms with Gasteiger partial charge in [-0.15, -0.1) is 24.0 Å². The summed E-state index contributed by atoms with van der Waals surface area (Å²) in [6.07, 6.45) is 0.994. The molecule has 0 bridgehead atoms. The van der Waals surface area contributed by atoms with Crippen molar-refractivity contribution in [1.82, 2.24) is 20.3 Å². The van der Waals surface area contributed by atoms with Crippen LogP contribution in [0.3, 0.4) is 0 Å². The fourth-order valence-corrected chi connectivity index (χ4v) is 4.38. The number of nitrogens with one attached hydrogen (secondary N) is 3. The number of hydrogen-bond acceptors (Lipinski definition) is 5. The topological polar surface area (TPSA) is 95.1 Å². The second-order valence-electron chi connectivity index (χ2n) is 7.97. The summed E-state index contributed by atoms with van der Waals surface area (Å²) in [5.74, 6) is 0.631. The lowest BCUT2D eigenvalue weighted by Gasteiger charge is -2.22. The molecule has 0 saturated carbocycles. The highest BCUT2D eigenvalue weighted by molar-refractivity contribution is 14.0. The Morgan fingerprint density at radius 2 is 1.83 bits per heavy atom. The van der Waals surface area contributed by atoms with Crippen LogP contribution < -0.4 is 15.4 Å². The fraction of sp³-hybridized carbons (Fsp3) is 0.650. The largest absolute Gasteiger partial charge is 0.385 e. The zero-order chi connectivity index (χ0) is 21.9. The summed E-state index contributed by atoms with van der Waals surface area (Å²) in [4.78, 5) is 6.71. The molecular formula is C20H38IN5O3S. The molecule has 0 unspecified atom stereocenters. The Morgan fingerprint density at radius 1 is 1.17 bits per heavy atom. The van der Waals surface area contributed by atoms with Crippen molar-refractivity contribution in [2.45, 2.75) is 44.2 Å². The number of likely N-dealkylation sites (N-methyl/N-ethyl adjacent to an activating group) is 1. The van der Waals surface area contributed by atoms with Crippen LogP contribution in [0.25, 0.3) is 0 Å². The number of sulfonamides is 1. The predicted octanol–water partition coefficient (Wildman–Crippen LogP) is 2.01. The summed E-state index contributed by atoms with van der Waals surface area (Å²) in [5, 5.41) is 6.45. The second kappa shape index (κ2) is 14.2. The van der Waals surface area contributed by atoms with E-state index in [9.17, 15) is 8.42 Å². The van der Waals surface area contributed by atoms with Crippen molar-refractivity contribution < 1.29 is 13.2 Å². The molecule has 0 fully saturated rings. The molecule has 0 spiro atoms. The molecule has 0 aromatic heterocycles. The maximum absolute atomic E-state index is 12.7. The zero-order valence-corrected chi connectivity index (χ0v) is 22.1. The first kappa shape index (κ1) is 29.1. The molecule has 0 aliphatic rings. The van der Waals surface area contributed by atoms with E-state index in [0.29, 0.717) is 18.1 Å². The first-order valence-corrected chi connectivity index (χ1v) is 11.3. The summed E-state index contributed by atoms with van der Waals surface area (Å²) in [6.45, 7) is 9.14. The van der Waals surface area contributed by atoms with Gasteiger partial charge in [0.25, 0.3) is 0 Å². The van der Waals surface area contributed by atoms with E-state index in [4.69, 9.17) is 4.74 Å². The highest BCUT2D eigenvalue weighted by Gasteiger charge is 2.24. The lowest BCUT2D eigenvalue weighted by molar-refractivity contribution is 0.180. The van der Waals surface area contributed by atoms with Crippen LogP contribution in [-0.2, 0) is 21.3 Å². The summed E-state index contributed by atoms with van der Waals surface area (Å²) in [6, 6.07) is 6.99. The smallest absolute Gasteiger partial charge is 0.241 e. The molecule has 30 heavy (non-hydrogen) atoms. The third kappa shape index (κ3) is 11.4. The van der Waals surface area contributed by atoms with Gasteiger partial charge < -0.3 is 20.3 Å². The minimum Gasteiger partial charge on any atom is -0.385 e. The average Bonchev–Trinajstić information content (AvgIpc) is 2.63. The van der Waals surface area contributed by atoms with Crippen molar-refractivity contribution in [3.63, 3.8) is 0 Å². The molecule has 0 saturated heterocycles. The van der Waals surface area contributed by atoms with Crippen molar-refractivity contribution in [2.24, 2.45) is 4.99 Å². The minimum atomic E-state index is -3.61. The number of guanidine groups is 1. The van der Waals surface area contributed by atoms with Crippen molar-refractivity contribution in [1.29, 1.82) is 0 Å². The van der Waals surface area contributed by atoms with Gasteiger partial charge in [0.2, 0.25) is 10.0 Å². The standard InChI is InChI=1S/C20H37N5O3S.HI/c1-20(2,3)24-29(26,27)18-11-8-7-10-17(18)16-23-19(21-4)22-12-14-25(5)13-9-15-28-6;/h7-8,10-11,24H,9,12-16H2,1-6H3,(H2,21,22,23);1H. The minimum absolute atomic E-state index is 0. The zero-order valence-electron chi connectivity index (χ0n) is 19.0. The Labute approximate surface area is 199 Å². The van der Waals surface area contributed by atoms with Crippen molar-refractivity contribution in [3.8, 4) is 0 Å². The summed E-state index contributed by atoms with van der Waals surface area (Å²) in [5.41, 5.74) is 0.135. The molecular weight excluding hydrogens is 517 g/mol. The molecule has 0 heterocycles. The van der Waals surface area contributed by atoms with Gasteiger partial charge in [0, 0.05) is 52.5 Å². The van der Waals surface area contributed by atoms with Crippen molar-refractivity contribution >= 4 is 40.0 Å². The highest BCUT2D eigenvalue weighted by atomic mass is 127. The molecule has 3 N–H and O–H groups in total. The Bertz CT molecular complexity index is 751. The van der Waals surface area contributed by atoms with Crippen LogP contribution in [0.2, 0.25) is 0 Å². The molecule has 0 amide bonds. The Hall–Kier alpha value is -0.950. The highest BCUT2D eigenvalue weighted by Crippen LogP contribution is 2.17. The maximum Gasteiger partial charge on any atom is 0.241 e. The Morgan fingerprint density at radius 3 is 2.43 bits per heavy atom. The normalized spacial score (nSPS) is 12.6. The van der Waals surface area contributed by atoms with Crippen LogP contribution in [0.5, 0.6) is 0 Å². The molecule has 1 aromatic carbocycles. The van der Waals surface area contributed by atoms with Crippen LogP contribution in [0.15, 0.2) is 34.2 Å². The molecule has 0 aliphatic carbocycles. The third-order valence-corrected chi connectivity index (χ3v) is 5.91. The first-order chi connectivity index (χ1) is 13.6. The molecule has 10 heteroatoms. The number of rotatable bonds is 11. The second-order valence-corrected chi connectivity index (χ2v) is 9.62. The van der Waals surface area contributed by atoms with Gasteiger partial charge >= 0.3 is 0 Å². The van der Waals surface area contributed by atoms with Gasteiger partial charge in [-0.25, -0.2) is 13.1 Å². The number of benzene rings is 1. The van der Waals surface area contributed by atoms with Crippen molar-refractivity contribution in [2.75, 3.05) is 47.4 Å². The number of ether oxygens (including phenoxy) is 1. The molecule has 1 rings (SSSR count).